The predicted octanol–water partition coefficient (Wildman–Crippen LogP) is 2.34. The van der Waals surface area contributed by atoms with Crippen molar-refractivity contribution in [3.8, 4) is 0 Å². The molecule has 1 radical (unpaired) electrons. The summed E-state index contributed by atoms with van der Waals surface area (Å²) < 4.78 is 0. The van der Waals surface area contributed by atoms with Crippen LogP contribution in [0.4, 0.5) is 0 Å². The fourth-order valence-electron chi connectivity index (χ4n) is 1.03. The number of nitrogens with zero attached hydrogens (tertiary/aromatic N) is 1. The molecule has 65 valence electrons. The van der Waals surface area contributed by atoms with E-state index in [0.29, 0.717) is 6.04 Å². The van der Waals surface area contributed by atoms with Gasteiger partial charge in [0.15, 0.2) is 0 Å². The summed E-state index contributed by atoms with van der Waals surface area (Å²) in [6.07, 6.45) is 0. The molecule has 1 aromatic rings. The van der Waals surface area contributed by atoms with Gasteiger partial charge in [-0.3, -0.25) is 4.90 Å². The highest BCUT2D eigenvalue weighted by atomic mass is 15.1. The molecule has 0 amide bonds. The van der Waals surface area contributed by atoms with E-state index in [-0.39, 0.29) is 0 Å². The first-order valence-corrected chi connectivity index (χ1v) is 4.27. The van der Waals surface area contributed by atoms with E-state index in [1.807, 2.05) is 6.07 Å². The van der Waals surface area contributed by atoms with Gasteiger partial charge in [-0.25, -0.2) is 0 Å². The van der Waals surface area contributed by atoms with Gasteiger partial charge < -0.3 is 0 Å². The van der Waals surface area contributed by atoms with Crippen LogP contribution in [0.5, 0.6) is 0 Å². The van der Waals surface area contributed by atoms with Crippen LogP contribution in [0.15, 0.2) is 30.3 Å². The minimum absolute atomic E-state index is 0.366. The summed E-state index contributed by atoms with van der Waals surface area (Å²) in [6, 6.07) is 10.8. The van der Waals surface area contributed by atoms with Crippen LogP contribution in [-0.4, -0.2) is 18.0 Å². The quantitative estimate of drug-likeness (QED) is 0.659. The first-order valence-electron chi connectivity index (χ1n) is 4.27. The second kappa shape index (κ2) is 4.27. The number of hydrogen-bond donors (Lipinski definition) is 0. The van der Waals surface area contributed by atoms with Crippen molar-refractivity contribution in [2.75, 3.05) is 7.05 Å². The number of benzene rings is 1. The van der Waals surface area contributed by atoms with E-state index in [2.05, 4.69) is 50.1 Å². The molecule has 0 aliphatic rings. The van der Waals surface area contributed by atoms with Crippen LogP contribution in [0.25, 0.3) is 0 Å². The molecule has 0 saturated carbocycles. The Hall–Kier alpha value is -0.820. The molecular formula is C11H16N. The second-order valence-corrected chi connectivity index (χ2v) is 3.25. The summed E-state index contributed by atoms with van der Waals surface area (Å²) >= 11 is 0. The lowest BCUT2D eigenvalue weighted by atomic mass is 10.2. The molecule has 0 N–H and O–H groups in total. The van der Waals surface area contributed by atoms with Crippen molar-refractivity contribution in [1.82, 2.24) is 4.90 Å². The van der Waals surface area contributed by atoms with Crippen LogP contribution in [-0.2, 0) is 6.54 Å². The third kappa shape index (κ3) is 2.67. The van der Waals surface area contributed by atoms with Gasteiger partial charge in [-0.1, -0.05) is 30.3 Å². The van der Waals surface area contributed by atoms with Crippen molar-refractivity contribution in [1.29, 1.82) is 0 Å². The molecular weight excluding hydrogens is 146 g/mol. The summed E-state index contributed by atoms with van der Waals surface area (Å²) in [5, 5.41) is 0. The molecule has 0 saturated heterocycles. The maximum Gasteiger partial charge on any atom is 0.0233 e. The Balaban J connectivity index is 2.53. The van der Waals surface area contributed by atoms with Crippen molar-refractivity contribution in [2.24, 2.45) is 0 Å². The fraction of sp³-hybridized carbons (Fsp3) is 0.364. The van der Waals surface area contributed by atoms with E-state index >= 15 is 0 Å². The largest absolute Gasteiger partial charge is 0.299 e. The summed E-state index contributed by atoms with van der Waals surface area (Å²) in [5.41, 5.74) is 1.34. The third-order valence-electron chi connectivity index (χ3n) is 2.03. The molecule has 0 fully saturated rings. The summed E-state index contributed by atoms with van der Waals surface area (Å²) in [7, 11) is 2.09. The fourth-order valence-corrected chi connectivity index (χ4v) is 1.03. The van der Waals surface area contributed by atoms with Crippen molar-refractivity contribution in [3.05, 3.63) is 42.8 Å². The lowest BCUT2D eigenvalue weighted by Crippen LogP contribution is -2.25. The Bertz CT molecular complexity index is 216. The zero-order valence-electron chi connectivity index (χ0n) is 7.83. The van der Waals surface area contributed by atoms with E-state index < -0.39 is 0 Å². The molecule has 0 spiro atoms. The highest BCUT2D eigenvalue weighted by molar-refractivity contribution is 5.14. The molecule has 12 heavy (non-hydrogen) atoms. The second-order valence-electron chi connectivity index (χ2n) is 3.25. The Kier molecular flexibility index (Phi) is 3.30. The van der Waals surface area contributed by atoms with Crippen molar-refractivity contribution in [2.45, 2.75) is 19.5 Å². The topological polar surface area (TPSA) is 3.24 Å². The minimum atomic E-state index is 0.366. The summed E-state index contributed by atoms with van der Waals surface area (Å²) in [4.78, 5) is 2.22. The third-order valence-corrected chi connectivity index (χ3v) is 2.03. The van der Waals surface area contributed by atoms with Crippen LogP contribution >= 0.6 is 0 Å². The highest BCUT2D eigenvalue weighted by Gasteiger charge is 2.02. The van der Waals surface area contributed by atoms with Gasteiger partial charge in [-0.2, -0.15) is 0 Å². The van der Waals surface area contributed by atoms with Gasteiger partial charge in [0.1, 0.15) is 0 Å². The Morgan fingerprint density at radius 3 is 2.42 bits per heavy atom. The van der Waals surface area contributed by atoms with E-state index in [1.54, 1.807) is 0 Å². The molecule has 0 aliphatic heterocycles. The molecule has 0 aromatic heterocycles. The highest BCUT2D eigenvalue weighted by Crippen LogP contribution is 2.04. The average Bonchev–Trinajstić information content (AvgIpc) is 2.06. The summed E-state index contributed by atoms with van der Waals surface area (Å²) in [5.74, 6) is 0. The number of hydrogen-bond acceptors (Lipinski definition) is 1. The van der Waals surface area contributed by atoms with Gasteiger partial charge in [0, 0.05) is 12.6 Å². The standard InChI is InChI=1S/C11H16N/c1-10(2)12(3)9-11-7-5-4-6-8-11/h4-8,10H,1,9H2,2-3H3. The Morgan fingerprint density at radius 1 is 1.33 bits per heavy atom. The normalized spacial score (nSPS) is 11.1. The van der Waals surface area contributed by atoms with Crippen molar-refractivity contribution in [3.63, 3.8) is 0 Å². The lowest BCUT2D eigenvalue weighted by molar-refractivity contribution is 0.287. The van der Waals surface area contributed by atoms with E-state index in [4.69, 9.17) is 0 Å². The molecule has 0 aliphatic carbocycles. The van der Waals surface area contributed by atoms with Gasteiger partial charge in [0.2, 0.25) is 0 Å². The monoisotopic (exact) mass is 162 g/mol. The SMILES string of the molecule is [CH2]C(C)N(C)Cc1ccccc1. The van der Waals surface area contributed by atoms with Gasteiger partial charge in [0.05, 0.1) is 0 Å². The molecule has 0 bridgehead atoms. The van der Waals surface area contributed by atoms with Crippen LogP contribution in [0.1, 0.15) is 12.5 Å². The predicted molar refractivity (Wildman–Crippen MR) is 52.7 cm³/mol. The Labute approximate surface area is 75.0 Å². The first-order chi connectivity index (χ1) is 5.70. The van der Waals surface area contributed by atoms with Gasteiger partial charge in [-0.05, 0) is 26.5 Å². The zero-order chi connectivity index (χ0) is 8.97. The van der Waals surface area contributed by atoms with E-state index in [0.717, 1.165) is 6.54 Å². The van der Waals surface area contributed by atoms with Crippen LogP contribution in [0.2, 0.25) is 0 Å². The van der Waals surface area contributed by atoms with Crippen LogP contribution < -0.4 is 0 Å². The first kappa shape index (κ1) is 9.27. The maximum absolute atomic E-state index is 3.96. The van der Waals surface area contributed by atoms with Crippen LogP contribution in [0, 0.1) is 6.92 Å². The molecule has 1 nitrogen and oxygen atoms in total. The summed E-state index contributed by atoms with van der Waals surface area (Å²) in [6.45, 7) is 7.04. The maximum atomic E-state index is 3.96. The van der Waals surface area contributed by atoms with Gasteiger partial charge in [-0.15, -0.1) is 0 Å². The molecule has 1 unspecified atom stereocenters. The molecule has 1 heteroatoms. The average molecular weight is 162 g/mol. The van der Waals surface area contributed by atoms with Crippen molar-refractivity contribution >= 4 is 0 Å². The molecule has 1 atom stereocenters. The van der Waals surface area contributed by atoms with Crippen molar-refractivity contribution < 1.29 is 0 Å². The zero-order valence-corrected chi connectivity index (χ0v) is 7.83. The molecule has 1 rings (SSSR count). The smallest absolute Gasteiger partial charge is 0.0233 e. The van der Waals surface area contributed by atoms with E-state index in [9.17, 15) is 0 Å². The molecule has 1 aromatic carbocycles. The minimum Gasteiger partial charge on any atom is -0.299 e. The molecule has 0 heterocycles. The number of rotatable bonds is 3. The van der Waals surface area contributed by atoms with Gasteiger partial charge in [0.25, 0.3) is 0 Å². The van der Waals surface area contributed by atoms with E-state index in [1.165, 1.54) is 5.56 Å². The van der Waals surface area contributed by atoms with Crippen LogP contribution in [0.3, 0.4) is 0 Å². The Morgan fingerprint density at radius 2 is 1.92 bits per heavy atom. The van der Waals surface area contributed by atoms with Gasteiger partial charge >= 0.3 is 0 Å². The lowest BCUT2D eigenvalue weighted by Gasteiger charge is -2.20.